The molecule has 3 atom stereocenters. The smallest absolute Gasteiger partial charge is 0.247 e. The van der Waals surface area contributed by atoms with Gasteiger partial charge in [0, 0.05) is 78.9 Å². The number of nitrogens with zero attached hydrogens (tertiary/aromatic N) is 5. The van der Waals surface area contributed by atoms with Crippen molar-refractivity contribution in [1.82, 2.24) is 25.5 Å². The Labute approximate surface area is 246 Å². The highest BCUT2D eigenvalue weighted by Gasteiger charge is 2.29. The summed E-state index contributed by atoms with van der Waals surface area (Å²) in [6, 6.07) is 22.4. The third-order valence-electron chi connectivity index (χ3n) is 8.71. The van der Waals surface area contributed by atoms with Crippen LogP contribution in [0.25, 0.3) is 33.4 Å². The number of fused-ring (bicyclic) bond motifs is 1. The van der Waals surface area contributed by atoms with Crippen LogP contribution in [0.4, 0.5) is 11.5 Å². The largest absolute Gasteiger partial charge is 0.421 e. The molecule has 2 aromatic carbocycles. The van der Waals surface area contributed by atoms with Crippen molar-refractivity contribution >= 4 is 22.3 Å². The van der Waals surface area contributed by atoms with Gasteiger partial charge in [-0.15, -0.1) is 10.2 Å². The number of hydrogen-bond acceptors (Lipinski definition) is 8. The molecule has 1 aliphatic carbocycles. The fraction of sp³-hybridized carbons (Fsp3) is 0.353. The normalized spacial score (nSPS) is 21.0. The predicted octanol–water partition coefficient (Wildman–Crippen LogP) is 6.64. The van der Waals surface area contributed by atoms with E-state index in [9.17, 15) is 0 Å². The Hall–Kier alpha value is -4.30. The number of nitrogens with one attached hydrogen (secondary N) is 2. The van der Waals surface area contributed by atoms with Gasteiger partial charge in [0.25, 0.3) is 0 Å². The first-order valence-corrected chi connectivity index (χ1v) is 15.2. The van der Waals surface area contributed by atoms with Crippen LogP contribution < -0.4 is 15.5 Å². The van der Waals surface area contributed by atoms with Crippen molar-refractivity contribution in [3.63, 3.8) is 0 Å². The van der Waals surface area contributed by atoms with E-state index in [-0.39, 0.29) is 0 Å². The number of anilines is 2. The molecule has 1 saturated carbocycles. The standard InChI is InChI=1S/C34H37N7O/c1-23-39-40-34(42-23)24-12-14-28(15-13-24)41-18-6-8-27(22-41)37-31-10-4-5-11-32(31)38-33-19-25(16-17-36-33)30-21-35-20-26-7-2-3-9-29(26)30/h2-3,7,9,12-17,19-21,27,31-32,37H,4-6,8,10-11,18,22H2,1H3,(H,36,38)/t27?,31-,32-/m1/s1. The van der Waals surface area contributed by atoms with Crippen LogP contribution in [0.5, 0.6) is 0 Å². The molecule has 2 fully saturated rings. The van der Waals surface area contributed by atoms with Gasteiger partial charge in [-0.3, -0.25) is 4.98 Å². The van der Waals surface area contributed by atoms with Crippen LogP contribution in [0, 0.1) is 6.92 Å². The summed E-state index contributed by atoms with van der Waals surface area (Å²) in [6.45, 7) is 3.89. The molecule has 4 heterocycles. The van der Waals surface area contributed by atoms with E-state index in [0.717, 1.165) is 47.4 Å². The van der Waals surface area contributed by atoms with Gasteiger partial charge in [-0.2, -0.15) is 0 Å². The van der Waals surface area contributed by atoms with E-state index in [0.29, 0.717) is 29.9 Å². The summed E-state index contributed by atoms with van der Waals surface area (Å²) in [7, 11) is 0. The minimum Gasteiger partial charge on any atom is -0.421 e. The van der Waals surface area contributed by atoms with Crippen LogP contribution in [0.3, 0.4) is 0 Å². The molecule has 8 heteroatoms. The van der Waals surface area contributed by atoms with Gasteiger partial charge in [0.15, 0.2) is 0 Å². The van der Waals surface area contributed by atoms with Crippen LogP contribution in [-0.2, 0) is 0 Å². The minimum absolute atomic E-state index is 0.347. The maximum absolute atomic E-state index is 5.60. The second kappa shape index (κ2) is 11.9. The highest BCUT2D eigenvalue weighted by Crippen LogP contribution is 2.30. The molecule has 1 saturated heterocycles. The van der Waals surface area contributed by atoms with Gasteiger partial charge in [0.1, 0.15) is 5.82 Å². The van der Waals surface area contributed by atoms with Gasteiger partial charge >= 0.3 is 0 Å². The Kier molecular flexibility index (Phi) is 7.53. The van der Waals surface area contributed by atoms with Gasteiger partial charge in [-0.25, -0.2) is 4.98 Å². The summed E-state index contributed by atoms with van der Waals surface area (Å²) in [4.78, 5) is 11.7. The lowest BCUT2D eigenvalue weighted by Gasteiger charge is -2.40. The van der Waals surface area contributed by atoms with Crippen molar-refractivity contribution in [3.05, 3.63) is 85.1 Å². The van der Waals surface area contributed by atoms with Crippen LogP contribution in [-0.4, -0.2) is 51.4 Å². The second-order valence-corrected chi connectivity index (χ2v) is 11.6. The topological polar surface area (TPSA) is 92.0 Å². The molecule has 3 aromatic heterocycles. The Morgan fingerprint density at radius 1 is 0.857 bits per heavy atom. The molecule has 42 heavy (non-hydrogen) atoms. The average Bonchev–Trinajstić information content (AvgIpc) is 3.48. The lowest BCUT2D eigenvalue weighted by atomic mass is 9.89. The minimum atomic E-state index is 0.347. The zero-order valence-electron chi connectivity index (χ0n) is 24.0. The fourth-order valence-electron chi connectivity index (χ4n) is 6.60. The maximum atomic E-state index is 5.60. The van der Waals surface area contributed by atoms with Crippen molar-refractivity contribution < 1.29 is 4.42 Å². The van der Waals surface area contributed by atoms with Gasteiger partial charge in [-0.05, 0) is 73.0 Å². The molecule has 2 aliphatic rings. The highest BCUT2D eigenvalue weighted by atomic mass is 16.4. The number of aryl methyl sites for hydroxylation is 1. The molecule has 0 spiro atoms. The van der Waals surface area contributed by atoms with E-state index in [1.54, 1.807) is 0 Å². The summed E-state index contributed by atoms with van der Waals surface area (Å²) >= 11 is 0. The summed E-state index contributed by atoms with van der Waals surface area (Å²) in [5.41, 5.74) is 4.47. The van der Waals surface area contributed by atoms with Crippen LogP contribution in [0.1, 0.15) is 44.4 Å². The van der Waals surface area contributed by atoms with Crippen molar-refractivity contribution in [3.8, 4) is 22.6 Å². The van der Waals surface area contributed by atoms with Crippen LogP contribution >= 0.6 is 0 Å². The first kappa shape index (κ1) is 26.6. The van der Waals surface area contributed by atoms with Crippen molar-refractivity contribution in [2.24, 2.45) is 0 Å². The molecular formula is C34H37N7O. The lowest BCUT2D eigenvalue weighted by molar-refractivity contribution is 0.293. The number of benzene rings is 2. The van der Waals surface area contributed by atoms with E-state index in [2.05, 4.69) is 91.4 Å². The third kappa shape index (κ3) is 5.72. The fourth-order valence-corrected chi connectivity index (χ4v) is 6.60. The molecule has 0 amide bonds. The molecule has 2 N–H and O–H groups in total. The first-order valence-electron chi connectivity index (χ1n) is 15.2. The quantitative estimate of drug-likeness (QED) is 0.229. The van der Waals surface area contributed by atoms with Crippen molar-refractivity contribution in [1.29, 1.82) is 0 Å². The monoisotopic (exact) mass is 559 g/mol. The van der Waals surface area contributed by atoms with Crippen molar-refractivity contribution in [2.75, 3.05) is 23.3 Å². The van der Waals surface area contributed by atoms with E-state index in [1.807, 2.05) is 25.5 Å². The van der Waals surface area contributed by atoms with E-state index >= 15 is 0 Å². The highest BCUT2D eigenvalue weighted by molar-refractivity contribution is 5.95. The Balaban J connectivity index is 1.02. The number of piperidine rings is 1. The Bertz CT molecular complexity index is 1640. The van der Waals surface area contributed by atoms with E-state index < -0.39 is 0 Å². The number of pyridine rings is 2. The SMILES string of the molecule is Cc1nnc(-c2ccc(N3CCCC(N[C@@H]4CCCC[C@H]4Nc4cc(-c5cncc6ccccc56)ccn4)C3)cc2)o1. The molecule has 7 rings (SSSR count). The predicted molar refractivity (Wildman–Crippen MR) is 167 cm³/mol. The van der Waals surface area contributed by atoms with E-state index in [1.165, 1.54) is 43.2 Å². The Morgan fingerprint density at radius 3 is 2.57 bits per heavy atom. The summed E-state index contributed by atoms with van der Waals surface area (Å²) in [6.07, 6.45) is 13.0. The molecular weight excluding hydrogens is 522 g/mol. The van der Waals surface area contributed by atoms with Gasteiger partial charge < -0.3 is 20.0 Å². The average molecular weight is 560 g/mol. The van der Waals surface area contributed by atoms with Gasteiger partial charge in [-0.1, -0.05) is 37.1 Å². The molecule has 0 bridgehead atoms. The number of hydrogen-bond donors (Lipinski definition) is 2. The summed E-state index contributed by atoms with van der Waals surface area (Å²) in [5, 5.41) is 18.3. The van der Waals surface area contributed by atoms with Gasteiger partial charge in [0.2, 0.25) is 11.8 Å². The van der Waals surface area contributed by atoms with Crippen molar-refractivity contribution in [2.45, 2.75) is 63.6 Å². The number of aromatic nitrogens is 4. The van der Waals surface area contributed by atoms with Crippen LogP contribution in [0.2, 0.25) is 0 Å². The summed E-state index contributed by atoms with van der Waals surface area (Å²) < 4.78 is 5.60. The zero-order chi connectivity index (χ0) is 28.3. The number of rotatable bonds is 7. The molecule has 5 aromatic rings. The third-order valence-corrected chi connectivity index (χ3v) is 8.71. The van der Waals surface area contributed by atoms with Crippen LogP contribution in [0.15, 0.2) is 83.7 Å². The summed E-state index contributed by atoms with van der Waals surface area (Å²) in [5.74, 6) is 2.09. The molecule has 1 unspecified atom stereocenters. The molecule has 214 valence electrons. The molecule has 8 nitrogen and oxygen atoms in total. The zero-order valence-corrected chi connectivity index (χ0v) is 24.0. The maximum Gasteiger partial charge on any atom is 0.247 e. The molecule has 1 aliphatic heterocycles. The first-order chi connectivity index (χ1) is 20.7. The van der Waals surface area contributed by atoms with E-state index in [4.69, 9.17) is 9.40 Å². The van der Waals surface area contributed by atoms with Gasteiger partial charge in [0.05, 0.1) is 0 Å². The molecule has 0 radical (unpaired) electrons. The Morgan fingerprint density at radius 2 is 1.71 bits per heavy atom. The second-order valence-electron chi connectivity index (χ2n) is 11.6. The lowest BCUT2D eigenvalue weighted by Crippen LogP contribution is -2.54.